The fourth-order valence-corrected chi connectivity index (χ4v) is 2.28. The maximum Gasteiger partial charge on any atom is 0.252 e. The number of aliphatic hydroxyl groups is 1. The van der Waals surface area contributed by atoms with Crippen molar-refractivity contribution in [1.82, 2.24) is 5.32 Å². The van der Waals surface area contributed by atoms with Crippen LogP contribution in [0.2, 0.25) is 0 Å². The van der Waals surface area contributed by atoms with Crippen molar-refractivity contribution in [2.45, 2.75) is 44.8 Å². The third-order valence-corrected chi connectivity index (χ3v) is 3.54. The number of aryl methyl sites for hydroxylation is 1. The smallest absolute Gasteiger partial charge is 0.252 e. The highest BCUT2D eigenvalue weighted by atomic mass is 19.1. The minimum atomic E-state index is -1.22. The van der Waals surface area contributed by atoms with Gasteiger partial charge in [-0.3, -0.25) is 4.79 Å². The van der Waals surface area contributed by atoms with Gasteiger partial charge >= 0.3 is 0 Å². The Morgan fingerprint density at radius 1 is 1.44 bits per heavy atom. The van der Waals surface area contributed by atoms with Crippen LogP contribution < -0.4 is 5.32 Å². The Bertz CT molecular complexity index is 453. The third-order valence-electron chi connectivity index (χ3n) is 3.54. The Kier molecular flexibility index (Phi) is 3.66. The van der Waals surface area contributed by atoms with E-state index in [1.165, 1.54) is 6.07 Å². The first-order valence-corrected chi connectivity index (χ1v) is 6.27. The predicted molar refractivity (Wildman–Crippen MR) is 66.4 cm³/mol. The molecule has 0 bridgehead atoms. The molecule has 2 rings (SSSR count). The third kappa shape index (κ3) is 2.70. The largest absolute Gasteiger partial charge is 0.380 e. The van der Waals surface area contributed by atoms with Crippen LogP contribution in [0.4, 0.5) is 4.39 Å². The van der Waals surface area contributed by atoms with Crippen molar-refractivity contribution in [2.24, 2.45) is 0 Å². The van der Waals surface area contributed by atoms with Gasteiger partial charge in [-0.05, 0) is 49.8 Å². The molecule has 1 amide bonds. The Morgan fingerprint density at radius 2 is 2.11 bits per heavy atom. The van der Waals surface area contributed by atoms with E-state index in [-0.39, 0.29) is 18.3 Å². The quantitative estimate of drug-likeness (QED) is 0.864. The SMILES string of the molecule is Cc1ccc(CNC(=O)C2(O)CCCC2)cc1F. The van der Waals surface area contributed by atoms with Gasteiger partial charge in [0.2, 0.25) is 0 Å². The summed E-state index contributed by atoms with van der Waals surface area (Å²) in [6, 6.07) is 4.87. The molecule has 2 N–H and O–H groups in total. The van der Waals surface area contributed by atoms with Gasteiger partial charge in [-0.15, -0.1) is 0 Å². The number of carbonyl (C=O) groups excluding carboxylic acids is 1. The van der Waals surface area contributed by atoms with Crippen LogP contribution in [0.1, 0.15) is 36.8 Å². The van der Waals surface area contributed by atoms with E-state index in [0.29, 0.717) is 24.0 Å². The maximum absolute atomic E-state index is 13.3. The van der Waals surface area contributed by atoms with E-state index >= 15 is 0 Å². The Hall–Kier alpha value is -1.42. The first-order chi connectivity index (χ1) is 8.51. The molecular weight excluding hydrogens is 233 g/mol. The van der Waals surface area contributed by atoms with Gasteiger partial charge in [0.15, 0.2) is 0 Å². The van der Waals surface area contributed by atoms with E-state index in [9.17, 15) is 14.3 Å². The molecule has 98 valence electrons. The first-order valence-electron chi connectivity index (χ1n) is 6.27. The molecule has 0 aliphatic heterocycles. The monoisotopic (exact) mass is 251 g/mol. The molecule has 0 atom stereocenters. The Balaban J connectivity index is 1.95. The van der Waals surface area contributed by atoms with Crippen molar-refractivity contribution < 1.29 is 14.3 Å². The molecule has 0 spiro atoms. The molecule has 0 radical (unpaired) electrons. The number of rotatable bonds is 3. The van der Waals surface area contributed by atoms with Crippen LogP contribution in [-0.4, -0.2) is 16.6 Å². The highest BCUT2D eigenvalue weighted by Gasteiger charge is 2.38. The van der Waals surface area contributed by atoms with E-state index in [1.54, 1.807) is 19.1 Å². The number of nitrogens with one attached hydrogen (secondary N) is 1. The molecule has 3 nitrogen and oxygen atoms in total. The van der Waals surface area contributed by atoms with E-state index in [1.807, 2.05) is 0 Å². The standard InChI is InChI=1S/C14H18FNO2/c1-10-4-5-11(8-12(10)15)9-16-13(17)14(18)6-2-3-7-14/h4-5,8,18H,2-3,6-7,9H2,1H3,(H,16,17). The second-order valence-electron chi connectivity index (χ2n) is 5.00. The average molecular weight is 251 g/mol. The van der Waals surface area contributed by atoms with Crippen LogP contribution in [0.15, 0.2) is 18.2 Å². The molecular formula is C14H18FNO2. The number of benzene rings is 1. The predicted octanol–water partition coefficient (Wildman–Crippen LogP) is 2.06. The van der Waals surface area contributed by atoms with Crippen molar-refractivity contribution in [1.29, 1.82) is 0 Å². The van der Waals surface area contributed by atoms with Crippen molar-refractivity contribution >= 4 is 5.91 Å². The molecule has 1 saturated carbocycles. The summed E-state index contributed by atoms with van der Waals surface area (Å²) in [7, 11) is 0. The van der Waals surface area contributed by atoms with E-state index < -0.39 is 5.60 Å². The van der Waals surface area contributed by atoms with Gasteiger partial charge < -0.3 is 10.4 Å². The van der Waals surface area contributed by atoms with Crippen LogP contribution in [0.25, 0.3) is 0 Å². The number of amides is 1. The van der Waals surface area contributed by atoms with Gasteiger partial charge in [0, 0.05) is 6.54 Å². The zero-order valence-corrected chi connectivity index (χ0v) is 10.5. The molecule has 0 unspecified atom stereocenters. The lowest BCUT2D eigenvalue weighted by molar-refractivity contribution is -0.139. The molecule has 1 aliphatic carbocycles. The van der Waals surface area contributed by atoms with Gasteiger partial charge in [-0.2, -0.15) is 0 Å². The summed E-state index contributed by atoms with van der Waals surface area (Å²) in [5, 5.41) is 12.7. The molecule has 0 heterocycles. The molecule has 4 heteroatoms. The minimum absolute atomic E-state index is 0.248. The summed E-state index contributed by atoms with van der Waals surface area (Å²) >= 11 is 0. The second kappa shape index (κ2) is 5.06. The van der Waals surface area contributed by atoms with Crippen LogP contribution in [0.5, 0.6) is 0 Å². The molecule has 0 aromatic heterocycles. The highest BCUT2D eigenvalue weighted by Crippen LogP contribution is 2.29. The summed E-state index contributed by atoms with van der Waals surface area (Å²) in [5.74, 6) is -0.623. The molecule has 18 heavy (non-hydrogen) atoms. The normalized spacial score (nSPS) is 17.7. The van der Waals surface area contributed by atoms with Crippen molar-refractivity contribution in [3.8, 4) is 0 Å². The lowest BCUT2D eigenvalue weighted by Gasteiger charge is -2.20. The lowest BCUT2D eigenvalue weighted by Crippen LogP contribution is -2.44. The van der Waals surface area contributed by atoms with Crippen LogP contribution in [0.3, 0.4) is 0 Å². The number of hydrogen-bond acceptors (Lipinski definition) is 2. The van der Waals surface area contributed by atoms with Crippen molar-refractivity contribution in [3.05, 3.63) is 35.1 Å². The first kappa shape index (κ1) is 13.0. The maximum atomic E-state index is 13.3. The van der Waals surface area contributed by atoms with E-state index in [4.69, 9.17) is 0 Å². The second-order valence-corrected chi connectivity index (χ2v) is 5.00. The van der Waals surface area contributed by atoms with E-state index in [2.05, 4.69) is 5.32 Å². The summed E-state index contributed by atoms with van der Waals surface area (Å²) in [6.45, 7) is 1.94. The van der Waals surface area contributed by atoms with Crippen LogP contribution in [-0.2, 0) is 11.3 Å². The Morgan fingerprint density at radius 3 is 2.72 bits per heavy atom. The van der Waals surface area contributed by atoms with Crippen molar-refractivity contribution in [2.75, 3.05) is 0 Å². The Labute approximate surface area is 106 Å². The molecule has 1 fully saturated rings. The summed E-state index contributed by atoms with van der Waals surface area (Å²) in [5.41, 5.74) is 0.0658. The van der Waals surface area contributed by atoms with Crippen LogP contribution in [0, 0.1) is 12.7 Å². The van der Waals surface area contributed by atoms with Gasteiger partial charge in [-0.25, -0.2) is 4.39 Å². The van der Waals surface area contributed by atoms with Gasteiger partial charge in [0.1, 0.15) is 11.4 Å². The van der Waals surface area contributed by atoms with Crippen LogP contribution >= 0.6 is 0 Å². The van der Waals surface area contributed by atoms with Crippen molar-refractivity contribution in [3.63, 3.8) is 0 Å². The fourth-order valence-electron chi connectivity index (χ4n) is 2.28. The highest BCUT2D eigenvalue weighted by molar-refractivity contribution is 5.85. The zero-order valence-electron chi connectivity index (χ0n) is 10.5. The fraction of sp³-hybridized carbons (Fsp3) is 0.500. The lowest BCUT2D eigenvalue weighted by atomic mass is 10.0. The van der Waals surface area contributed by atoms with Gasteiger partial charge in [0.25, 0.3) is 5.91 Å². The molecule has 1 aromatic rings. The molecule has 0 saturated heterocycles. The number of carbonyl (C=O) groups is 1. The summed E-state index contributed by atoms with van der Waals surface area (Å²) in [4.78, 5) is 11.8. The molecule has 1 aliphatic rings. The average Bonchev–Trinajstić information content (AvgIpc) is 2.79. The van der Waals surface area contributed by atoms with Gasteiger partial charge in [-0.1, -0.05) is 12.1 Å². The summed E-state index contributed by atoms with van der Waals surface area (Å²) < 4.78 is 13.3. The summed E-state index contributed by atoms with van der Waals surface area (Å²) in [6.07, 6.45) is 2.79. The topological polar surface area (TPSA) is 49.3 Å². The minimum Gasteiger partial charge on any atom is -0.380 e. The number of halogens is 1. The number of hydrogen-bond donors (Lipinski definition) is 2. The molecule has 1 aromatic carbocycles. The van der Waals surface area contributed by atoms with Gasteiger partial charge in [0.05, 0.1) is 0 Å². The van der Waals surface area contributed by atoms with E-state index in [0.717, 1.165) is 12.8 Å². The zero-order chi connectivity index (χ0) is 13.2.